The van der Waals surface area contributed by atoms with E-state index < -0.39 is 6.10 Å². The number of rotatable bonds is 5. The minimum atomic E-state index is -0.542. The van der Waals surface area contributed by atoms with Crippen molar-refractivity contribution in [2.75, 3.05) is 39.3 Å². The number of oxime groups is 1. The van der Waals surface area contributed by atoms with Gasteiger partial charge >= 0.3 is 0 Å². The molecule has 2 heterocycles. The smallest absolute Gasteiger partial charge is 0.266 e. The minimum absolute atomic E-state index is 0.0143. The molecule has 0 radical (unpaired) electrons. The van der Waals surface area contributed by atoms with E-state index in [1.807, 2.05) is 42.2 Å². The highest BCUT2D eigenvalue weighted by atomic mass is 16.6. The second-order valence-electron chi connectivity index (χ2n) is 6.61. The van der Waals surface area contributed by atoms with Gasteiger partial charge < -0.3 is 15.1 Å². The van der Waals surface area contributed by atoms with Crippen molar-refractivity contribution >= 4 is 17.5 Å². The van der Waals surface area contributed by atoms with Gasteiger partial charge in [0.2, 0.25) is 12.0 Å². The van der Waals surface area contributed by atoms with E-state index in [1.165, 1.54) is 0 Å². The first-order valence-corrected chi connectivity index (χ1v) is 9.23. The van der Waals surface area contributed by atoms with E-state index in [9.17, 15) is 9.59 Å². The van der Waals surface area contributed by atoms with Crippen LogP contribution in [0, 0.1) is 0 Å². The topological polar surface area (TPSA) is 74.2 Å². The van der Waals surface area contributed by atoms with Crippen molar-refractivity contribution in [2.45, 2.75) is 25.9 Å². The van der Waals surface area contributed by atoms with Gasteiger partial charge in [-0.1, -0.05) is 35.5 Å². The van der Waals surface area contributed by atoms with Gasteiger partial charge in [0.15, 0.2) is 0 Å². The van der Waals surface area contributed by atoms with Crippen LogP contribution in [0.15, 0.2) is 35.5 Å². The summed E-state index contributed by atoms with van der Waals surface area (Å²) in [5.41, 5.74) is 1.81. The van der Waals surface area contributed by atoms with Crippen LogP contribution in [0.5, 0.6) is 0 Å². The molecule has 0 spiro atoms. The Morgan fingerprint density at radius 3 is 2.77 bits per heavy atom. The predicted octanol–water partition coefficient (Wildman–Crippen LogP) is 0.850. The lowest BCUT2D eigenvalue weighted by molar-refractivity contribution is -0.141. The highest BCUT2D eigenvalue weighted by molar-refractivity contribution is 6.04. The molecule has 0 aromatic heterocycles. The van der Waals surface area contributed by atoms with E-state index in [0.29, 0.717) is 39.1 Å². The van der Waals surface area contributed by atoms with Gasteiger partial charge in [0.05, 0.1) is 12.3 Å². The minimum Gasteiger partial charge on any atom is -0.382 e. The zero-order valence-electron chi connectivity index (χ0n) is 15.2. The van der Waals surface area contributed by atoms with E-state index in [-0.39, 0.29) is 11.8 Å². The predicted molar refractivity (Wildman–Crippen MR) is 98.8 cm³/mol. The Morgan fingerprint density at radius 2 is 2.00 bits per heavy atom. The lowest BCUT2D eigenvalue weighted by atomic mass is 10.0. The lowest BCUT2D eigenvalue weighted by Gasteiger charge is -2.23. The van der Waals surface area contributed by atoms with Crippen molar-refractivity contribution < 1.29 is 14.4 Å². The van der Waals surface area contributed by atoms with Gasteiger partial charge in [0.1, 0.15) is 0 Å². The number of nitrogens with zero attached hydrogens (tertiary/aromatic N) is 3. The second-order valence-corrected chi connectivity index (χ2v) is 6.61. The zero-order chi connectivity index (χ0) is 18.4. The van der Waals surface area contributed by atoms with Gasteiger partial charge in [0, 0.05) is 39.1 Å². The van der Waals surface area contributed by atoms with Crippen molar-refractivity contribution in [3.05, 3.63) is 35.9 Å². The summed E-state index contributed by atoms with van der Waals surface area (Å²) in [6.45, 7) is 5.75. The van der Waals surface area contributed by atoms with Crippen LogP contribution in [0.25, 0.3) is 0 Å². The summed E-state index contributed by atoms with van der Waals surface area (Å²) in [6.07, 6.45) is 0.812. The standard InChI is InChI=1S/C19H26N4O3/c1-2-20-18(24)14-22-9-6-10-23(12-11-22)19(25)17-13-16(21-26-17)15-7-4-3-5-8-15/h3-5,7-8,17H,2,6,9-14H2,1H3,(H,20,24). The third-order valence-corrected chi connectivity index (χ3v) is 4.69. The Balaban J connectivity index is 1.51. The molecule has 1 aromatic carbocycles. The molecule has 2 amide bonds. The maximum Gasteiger partial charge on any atom is 0.266 e. The van der Waals surface area contributed by atoms with E-state index in [2.05, 4.69) is 15.4 Å². The summed E-state index contributed by atoms with van der Waals surface area (Å²) in [7, 11) is 0. The third-order valence-electron chi connectivity index (χ3n) is 4.69. The fraction of sp³-hybridized carbons (Fsp3) is 0.526. The number of likely N-dealkylation sites (N-methyl/N-ethyl adjacent to an activating group) is 1. The number of hydrogen-bond acceptors (Lipinski definition) is 5. The van der Waals surface area contributed by atoms with Crippen LogP contribution in [-0.4, -0.2) is 72.7 Å². The molecule has 7 nitrogen and oxygen atoms in total. The Morgan fingerprint density at radius 1 is 1.19 bits per heavy atom. The van der Waals surface area contributed by atoms with Gasteiger partial charge in [-0.2, -0.15) is 0 Å². The molecule has 1 unspecified atom stereocenters. The van der Waals surface area contributed by atoms with E-state index in [4.69, 9.17) is 4.84 Å². The fourth-order valence-electron chi connectivity index (χ4n) is 3.32. The normalized spacial score (nSPS) is 20.9. The molecular weight excluding hydrogens is 332 g/mol. The summed E-state index contributed by atoms with van der Waals surface area (Å²) in [6, 6.07) is 9.79. The average Bonchev–Trinajstić information content (AvgIpc) is 3.03. The van der Waals surface area contributed by atoms with Crippen LogP contribution in [0.4, 0.5) is 0 Å². The molecule has 1 atom stereocenters. The SMILES string of the molecule is CCNC(=O)CN1CCCN(C(=O)C2CC(c3ccccc3)=NO2)CC1. The monoisotopic (exact) mass is 358 g/mol. The Hall–Kier alpha value is -2.41. The van der Waals surface area contributed by atoms with Crippen LogP contribution in [0.3, 0.4) is 0 Å². The van der Waals surface area contributed by atoms with Crippen LogP contribution >= 0.6 is 0 Å². The summed E-state index contributed by atoms with van der Waals surface area (Å²) >= 11 is 0. The molecule has 2 aliphatic heterocycles. The molecule has 3 rings (SSSR count). The number of amides is 2. The number of hydrogen-bond donors (Lipinski definition) is 1. The zero-order valence-corrected chi connectivity index (χ0v) is 15.2. The first kappa shape index (κ1) is 18.4. The Bertz CT molecular complexity index is 662. The summed E-state index contributed by atoms with van der Waals surface area (Å²) in [5.74, 6) is 0.0202. The fourth-order valence-corrected chi connectivity index (χ4v) is 3.32. The summed E-state index contributed by atoms with van der Waals surface area (Å²) < 4.78 is 0. The third kappa shape index (κ3) is 4.60. The molecule has 140 valence electrons. The maximum atomic E-state index is 12.8. The first-order chi connectivity index (χ1) is 12.7. The van der Waals surface area contributed by atoms with Crippen LogP contribution in [0.1, 0.15) is 25.3 Å². The number of carbonyl (C=O) groups is 2. The average molecular weight is 358 g/mol. The van der Waals surface area contributed by atoms with Crippen molar-refractivity contribution in [3.63, 3.8) is 0 Å². The van der Waals surface area contributed by atoms with Gasteiger partial charge in [-0.15, -0.1) is 0 Å². The summed E-state index contributed by atoms with van der Waals surface area (Å²) in [4.78, 5) is 33.9. The molecule has 1 saturated heterocycles. The van der Waals surface area contributed by atoms with Crippen molar-refractivity contribution in [2.24, 2.45) is 5.16 Å². The molecule has 1 N–H and O–H groups in total. The molecule has 0 saturated carbocycles. The molecule has 2 aliphatic rings. The largest absolute Gasteiger partial charge is 0.382 e. The molecule has 7 heteroatoms. The number of benzene rings is 1. The van der Waals surface area contributed by atoms with Crippen LogP contribution in [-0.2, 0) is 14.4 Å². The molecule has 0 aliphatic carbocycles. The Kier molecular flexibility index (Phi) is 6.22. The maximum absolute atomic E-state index is 12.8. The first-order valence-electron chi connectivity index (χ1n) is 9.23. The molecule has 1 fully saturated rings. The summed E-state index contributed by atoms with van der Waals surface area (Å²) in [5, 5.41) is 6.92. The van der Waals surface area contributed by atoms with Crippen LogP contribution in [0.2, 0.25) is 0 Å². The van der Waals surface area contributed by atoms with Gasteiger partial charge in [0.25, 0.3) is 5.91 Å². The Labute approximate surface area is 154 Å². The van der Waals surface area contributed by atoms with E-state index >= 15 is 0 Å². The second kappa shape index (κ2) is 8.80. The van der Waals surface area contributed by atoms with Gasteiger partial charge in [-0.05, 0) is 18.9 Å². The highest BCUT2D eigenvalue weighted by Gasteiger charge is 2.33. The van der Waals surface area contributed by atoms with Crippen molar-refractivity contribution in [1.82, 2.24) is 15.1 Å². The molecule has 26 heavy (non-hydrogen) atoms. The van der Waals surface area contributed by atoms with E-state index in [1.54, 1.807) is 0 Å². The number of nitrogens with one attached hydrogen (secondary N) is 1. The lowest BCUT2D eigenvalue weighted by Crippen LogP contribution is -2.42. The quantitative estimate of drug-likeness (QED) is 0.847. The van der Waals surface area contributed by atoms with Gasteiger partial charge in [-0.3, -0.25) is 14.5 Å². The molecular formula is C19H26N4O3. The highest BCUT2D eigenvalue weighted by Crippen LogP contribution is 2.19. The van der Waals surface area contributed by atoms with E-state index in [0.717, 1.165) is 24.2 Å². The van der Waals surface area contributed by atoms with Gasteiger partial charge in [-0.25, -0.2) is 0 Å². The van der Waals surface area contributed by atoms with Crippen molar-refractivity contribution in [3.8, 4) is 0 Å². The molecule has 1 aromatic rings. The number of carbonyl (C=O) groups excluding carboxylic acids is 2. The van der Waals surface area contributed by atoms with Crippen molar-refractivity contribution in [1.29, 1.82) is 0 Å². The molecule has 0 bridgehead atoms. The van der Waals surface area contributed by atoms with Crippen LogP contribution < -0.4 is 5.32 Å².